The highest BCUT2D eigenvalue weighted by atomic mass is 79.9. The van der Waals surface area contributed by atoms with Crippen molar-refractivity contribution in [2.24, 2.45) is 0 Å². The second-order valence-electron chi connectivity index (χ2n) is 4.92. The molecule has 0 bridgehead atoms. The van der Waals surface area contributed by atoms with Crippen molar-refractivity contribution in [3.8, 4) is 5.75 Å². The smallest absolute Gasteiger partial charge is 0.405 e. The van der Waals surface area contributed by atoms with Crippen LogP contribution in [0.5, 0.6) is 5.75 Å². The summed E-state index contributed by atoms with van der Waals surface area (Å²) in [6.07, 6.45) is -6.04. The minimum atomic E-state index is -4.81. The molecule has 3 rings (SSSR count). The predicted octanol–water partition coefficient (Wildman–Crippen LogP) is 4.44. The average molecular weight is 405 g/mol. The monoisotopic (exact) mass is 404 g/mol. The highest BCUT2D eigenvalue weighted by Gasteiger charge is 2.32. The van der Waals surface area contributed by atoms with Gasteiger partial charge in [0.05, 0.1) is 15.5 Å². The van der Waals surface area contributed by atoms with Crippen LogP contribution in [0.1, 0.15) is 17.5 Å². The van der Waals surface area contributed by atoms with Gasteiger partial charge in [0.2, 0.25) is 0 Å². The van der Waals surface area contributed by atoms with Gasteiger partial charge in [-0.15, -0.1) is 13.2 Å². The third-order valence-electron chi connectivity index (χ3n) is 3.22. The molecule has 3 aromatic rings. The zero-order valence-corrected chi connectivity index (χ0v) is 13.3. The number of aromatic nitrogens is 2. The van der Waals surface area contributed by atoms with Gasteiger partial charge in [-0.3, -0.25) is 0 Å². The Kier molecular flexibility index (Phi) is 4.22. The molecule has 0 fully saturated rings. The lowest BCUT2D eigenvalue weighted by Crippen LogP contribution is -2.17. The van der Waals surface area contributed by atoms with E-state index < -0.39 is 24.0 Å². The van der Waals surface area contributed by atoms with E-state index in [2.05, 4.69) is 30.6 Å². The third-order valence-corrected chi connectivity index (χ3v) is 3.84. The summed E-state index contributed by atoms with van der Waals surface area (Å²) in [7, 11) is 0. The number of hydrogen-bond acceptors (Lipinski definition) is 3. The first kappa shape index (κ1) is 16.7. The van der Waals surface area contributed by atoms with Gasteiger partial charge in [0.25, 0.3) is 0 Å². The van der Waals surface area contributed by atoms with Crippen LogP contribution in [0.2, 0.25) is 0 Å². The SMILES string of the molecule is OC(c1ccc(OC(F)(F)F)c(Br)c1)c1nc2ccc(F)cc2[nH]1. The number of H-pyrrole nitrogens is 1. The number of alkyl halides is 3. The van der Waals surface area contributed by atoms with Crippen LogP contribution in [0.15, 0.2) is 40.9 Å². The van der Waals surface area contributed by atoms with Crippen LogP contribution in [0.3, 0.4) is 0 Å². The number of benzene rings is 2. The van der Waals surface area contributed by atoms with E-state index in [9.17, 15) is 22.7 Å². The second-order valence-corrected chi connectivity index (χ2v) is 5.78. The summed E-state index contributed by atoms with van der Waals surface area (Å²) < 4.78 is 53.8. The van der Waals surface area contributed by atoms with Crippen molar-refractivity contribution in [1.29, 1.82) is 0 Å². The Bertz CT molecular complexity index is 895. The van der Waals surface area contributed by atoms with Crippen molar-refractivity contribution in [2.45, 2.75) is 12.5 Å². The molecule has 1 unspecified atom stereocenters. The topological polar surface area (TPSA) is 58.1 Å². The quantitative estimate of drug-likeness (QED) is 0.634. The van der Waals surface area contributed by atoms with Crippen molar-refractivity contribution in [1.82, 2.24) is 9.97 Å². The molecule has 0 aliphatic rings. The van der Waals surface area contributed by atoms with Gasteiger partial charge in [0, 0.05) is 0 Å². The lowest BCUT2D eigenvalue weighted by Gasteiger charge is -2.13. The molecule has 0 amide bonds. The Morgan fingerprint density at radius 1 is 1.17 bits per heavy atom. The fraction of sp³-hybridized carbons (Fsp3) is 0.133. The standard InChI is InChI=1S/C15H9BrF4N2O2/c16-9-5-7(1-4-12(9)24-15(18,19)20)13(23)14-21-10-3-2-8(17)6-11(10)22-14/h1-6,13,23H,(H,21,22). The summed E-state index contributed by atoms with van der Waals surface area (Å²) in [6, 6.07) is 7.57. The largest absolute Gasteiger partial charge is 0.573 e. The van der Waals surface area contributed by atoms with E-state index in [1.807, 2.05) is 0 Å². The maximum Gasteiger partial charge on any atom is 0.573 e. The lowest BCUT2D eigenvalue weighted by molar-refractivity contribution is -0.274. The molecule has 0 saturated heterocycles. The Labute approximate surface area is 141 Å². The summed E-state index contributed by atoms with van der Waals surface area (Å²) in [5, 5.41) is 10.3. The number of aliphatic hydroxyl groups excluding tert-OH is 1. The van der Waals surface area contributed by atoms with Crippen molar-refractivity contribution >= 4 is 27.0 Å². The predicted molar refractivity (Wildman–Crippen MR) is 80.9 cm³/mol. The van der Waals surface area contributed by atoms with Crippen LogP contribution in [0.25, 0.3) is 11.0 Å². The van der Waals surface area contributed by atoms with Gasteiger partial charge in [-0.25, -0.2) is 9.37 Å². The van der Waals surface area contributed by atoms with Crippen LogP contribution >= 0.6 is 15.9 Å². The number of nitrogens with zero attached hydrogens (tertiary/aromatic N) is 1. The number of nitrogens with one attached hydrogen (secondary N) is 1. The minimum Gasteiger partial charge on any atom is -0.405 e. The second kappa shape index (κ2) is 6.06. The molecule has 1 aromatic heterocycles. The van der Waals surface area contributed by atoms with E-state index >= 15 is 0 Å². The van der Waals surface area contributed by atoms with Crippen LogP contribution < -0.4 is 4.74 Å². The number of imidazole rings is 1. The number of aromatic amines is 1. The molecule has 4 nitrogen and oxygen atoms in total. The Hall–Kier alpha value is -2.13. The van der Waals surface area contributed by atoms with Crippen molar-refractivity contribution in [3.05, 3.63) is 58.1 Å². The van der Waals surface area contributed by atoms with Gasteiger partial charge in [0.15, 0.2) is 0 Å². The normalized spacial score (nSPS) is 13.2. The summed E-state index contributed by atoms with van der Waals surface area (Å²) in [6.45, 7) is 0. The number of halogens is 5. The zero-order valence-electron chi connectivity index (χ0n) is 11.7. The summed E-state index contributed by atoms with van der Waals surface area (Å²) in [4.78, 5) is 6.92. The first-order valence-electron chi connectivity index (χ1n) is 6.61. The number of aliphatic hydroxyl groups is 1. The van der Waals surface area contributed by atoms with E-state index in [1.54, 1.807) is 0 Å². The van der Waals surface area contributed by atoms with E-state index in [4.69, 9.17) is 0 Å². The molecule has 0 aliphatic heterocycles. The molecule has 2 aromatic carbocycles. The van der Waals surface area contributed by atoms with Crippen LogP contribution in [0.4, 0.5) is 17.6 Å². The van der Waals surface area contributed by atoms with Crippen molar-refractivity contribution in [3.63, 3.8) is 0 Å². The molecule has 2 N–H and O–H groups in total. The number of fused-ring (bicyclic) bond motifs is 1. The molecule has 0 saturated carbocycles. The van der Waals surface area contributed by atoms with Gasteiger partial charge in [-0.1, -0.05) is 6.07 Å². The Morgan fingerprint density at radius 2 is 1.92 bits per heavy atom. The third kappa shape index (κ3) is 3.51. The number of hydrogen-bond donors (Lipinski definition) is 2. The highest BCUT2D eigenvalue weighted by molar-refractivity contribution is 9.10. The molecule has 0 radical (unpaired) electrons. The Balaban J connectivity index is 1.91. The van der Waals surface area contributed by atoms with E-state index in [1.165, 1.54) is 30.3 Å². The van der Waals surface area contributed by atoms with Crippen LogP contribution in [-0.2, 0) is 0 Å². The minimum absolute atomic E-state index is 0.0264. The Morgan fingerprint density at radius 3 is 2.58 bits per heavy atom. The first-order chi connectivity index (χ1) is 11.2. The fourth-order valence-electron chi connectivity index (χ4n) is 2.18. The average Bonchev–Trinajstić information content (AvgIpc) is 2.90. The van der Waals surface area contributed by atoms with Crippen LogP contribution in [-0.4, -0.2) is 21.4 Å². The molecule has 1 heterocycles. The van der Waals surface area contributed by atoms with Gasteiger partial charge in [-0.05, 0) is 51.8 Å². The van der Waals surface area contributed by atoms with Crippen LogP contribution in [0, 0.1) is 5.82 Å². The maximum atomic E-state index is 13.2. The van der Waals surface area contributed by atoms with E-state index in [0.29, 0.717) is 11.0 Å². The molecule has 0 aliphatic carbocycles. The van der Waals surface area contributed by atoms with E-state index in [0.717, 1.165) is 6.07 Å². The van der Waals surface area contributed by atoms with Crippen molar-refractivity contribution in [2.75, 3.05) is 0 Å². The maximum absolute atomic E-state index is 13.2. The van der Waals surface area contributed by atoms with Crippen molar-refractivity contribution < 1.29 is 27.4 Å². The zero-order chi connectivity index (χ0) is 17.5. The molecule has 9 heteroatoms. The molecule has 1 atom stereocenters. The fourth-order valence-corrected chi connectivity index (χ4v) is 2.66. The lowest BCUT2D eigenvalue weighted by atomic mass is 10.1. The number of ether oxygens (including phenoxy) is 1. The molecule has 0 spiro atoms. The molecular weight excluding hydrogens is 396 g/mol. The summed E-state index contributed by atoms with van der Waals surface area (Å²) in [5.74, 6) is -0.735. The van der Waals surface area contributed by atoms with Gasteiger partial charge in [0.1, 0.15) is 23.5 Å². The highest BCUT2D eigenvalue weighted by Crippen LogP contribution is 2.33. The van der Waals surface area contributed by atoms with E-state index in [-0.39, 0.29) is 15.9 Å². The van der Waals surface area contributed by atoms with Gasteiger partial charge < -0.3 is 14.8 Å². The summed E-state index contributed by atoms with van der Waals surface area (Å²) >= 11 is 2.97. The number of rotatable bonds is 3. The summed E-state index contributed by atoms with van der Waals surface area (Å²) in [5.41, 5.74) is 1.15. The first-order valence-corrected chi connectivity index (χ1v) is 7.40. The van der Waals surface area contributed by atoms with Gasteiger partial charge >= 0.3 is 6.36 Å². The molecule has 24 heavy (non-hydrogen) atoms. The molecule has 126 valence electrons. The van der Waals surface area contributed by atoms with Gasteiger partial charge in [-0.2, -0.15) is 0 Å². The molecular formula is C15H9BrF4N2O2.